The van der Waals surface area contributed by atoms with E-state index in [2.05, 4.69) is 5.32 Å². The Kier molecular flexibility index (Phi) is 6.55. The molecule has 0 bridgehead atoms. The monoisotopic (exact) mass is 321 g/mol. The van der Waals surface area contributed by atoms with Crippen molar-refractivity contribution in [3.05, 3.63) is 35.9 Å². The number of carboxylic acid groups (broad SMARTS) is 1. The van der Waals surface area contributed by atoms with Gasteiger partial charge < -0.3 is 19.9 Å². The second-order valence-corrected chi connectivity index (χ2v) is 5.69. The van der Waals surface area contributed by atoms with Crippen LogP contribution >= 0.6 is 0 Å². The zero-order valence-electron chi connectivity index (χ0n) is 13.2. The summed E-state index contributed by atoms with van der Waals surface area (Å²) in [6, 6.07) is 8.77. The molecule has 1 saturated heterocycles. The fourth-order valence-corrected chi connectivity index (χ4v) is 2.67. The lowest BCUT2D eigenvalue weighted by Crippen LogP contribution is -2.50. The van der Waals surface area contributed by atoms with Gasteiger partial charge in [0, 0.05) is 13.5 Å². The summed E-state index contributed by atoms with van der Waals surface area (Å²) in [5, 5.41) is 12.2. The number of hydrogen-bond acceptors (Lipinski definition) is 4. The lowest BCUT2D eigenvalue weighted by molar-refractivity contribution is -0.205. The highest BCUT2D eigenvalue weighted by atomic mass is 16.7. The highest BCUT2D eigenvalue weighted by Gasteiger charge is 2.33. The summed E-state index contributed by atoms with van der Waals surface area (Å²) in [6.07, 6.45) is 1.27. The van der Waals surface area contributed by atoms with E-state index in [0.717, 1.165) is 18.4 Å². The molecular formula is C17H23NO5. The van der Waals surface area contributed by atoms with Gasteiger partial charge in [-0.05, 0) is 31.2 Å². The molecule has 1 amide bonds. The Labute approximate surface area is 135 Å². The predicted octanol–water partition coefficient (Wildman–Crippen LogP) is 1.73. The summed E-state index contributed by atoms with van der Waals surface area (Å²) in [7, 11) is 0. The Balaban J connectivity index is 2.11. The number of carboxylic acids is 1. The number of hydrogen-bond donors (Lipinski definition) is 2. The van der Waals surface area contributed by atoms with Crippen molar-refractivity contribution in [2.24, 2.45) is 0 Å². The first-order valence-corrected chi connectivity index (χ1v) is 7.87. The third kappa shape index (κ3) is 5.65. The van der Waals surface area contributed by atoms with E-state index >= 15 is 0 Å². The van der Waals surface area contributed by atoms with Gasteiger partial charge >= 0.3 is 5.97 Å². The van der Waals surface area contributed by atoms with Crippen LogP contribution in [-0.2, 0) is 25.5 Å². The molecule has 0 aliphatic carbocycles. The molecule has 2 rings (SSSR count). The van der Waals surface area contributed by atoms with Crippen molar-refractivity contribution < 1.29 is 24.2 Å². The summed E-state index contributed by atoms with van der Waals surface area (Å²) in [5.74, 6) is -1.39. The van der Waals surface area contributed by atoms with Crippen LogP contribution < -0.4 is 5.32 Å². The fraction of sp³-hybridized carbons (Fsp3) is 0.529. The fourth-order valence-electron chi connectivity index (χ4n) is 2.67. The Bertz CT molecular complexity index is 513. The second-order valence-electron chi connectivity index (χ2n) is 5.69. The average Bonchev–Trinajstić information content (AvgIpc) is 2.53. The normalized spacial score (nSPS) is 20.5. The van der Waals surface area contributed by atoms with Gasteiger partial charge in [-0.1, -0.05) is 30.3 Å². The molecule has 2 N–H and O–H groups in total. The molecule has 0 saturated carbocycles. The third-order valence-electron chi connectivity index (χ3n) is 3.73. The number of aliphatic carboxylic acids is 1. The van der Waals surface area contributed by atoms with Gasteiger partial charge in [0.1, 0.15) is 0 Å². The summed E-state index contributed by atoms with van der Waals surface area (Å²) in [6.45, 7) is 1.94. The van der Waals surface area contributed by atoms with Crippen molar-refractivity contribution >= 4 is 11.9 Å². The maximum Gasteiger partial charge on any atom is 0.335 e. The summed E-state index contributed by atoms with van der Waals surface area (Å²) < 4.78 is 11.1. The van der Waals surface area contributed by atoms with Crippen molar-refractivity contribution in [1.29, 1.82) is 0 Å². The van der Waals surface area contributed by atoms with E-state index in [0.29, 0.717) is 19.4 Å². The van der Waals surface area contributed by atoms with E-state index in [1.165, 1.54) is 6.92 Å². The third-order valence-corrected chi connectivity index (χ3v) is 3.73. The highest BCUT2D eigenvalue weighted by Crippen LogP contribution is 2.18. The standard InChI is InChI=1S/C17H23NO5/c1-12(19)18-14(11-13-7-3-2-4-8-13)16(17(20)21)23-15-9-5-6-10-22-15/h2-4,7-8,14-16H,5-6,9-11H2,1H3,(H,18,19)(H,20,21)/t14-,15?,16+/m1/s1. The Morgan fingerprint density at radius 3 is 2.65 bits per heavy atom. The number of ether oxygens (including phenoxy) is 2. The topological polar surface area (TPSA) is 84.9 Å². The van der Waals surface area contributed by atoms with Crippen molar-refractivity contribution in [3.63, 3.8) is 0 Å². The minimum atomic E-state index is -1.15. The number of carbonyl (C=O) groups excluding carboxylic acids is 1. The number of benzene rings is 1. The Morgan fingerprint density at radius 2 is 2.09 bits per heavy atom. The van der Waals surface area contributed by atoms with Gasteiger partial charge in [0.05, 0.1) is 6.04 Å². The molecule has 1 aliphatic rings. The molecule has 1 fully saturated rings. The second kappa shape index (κ2) is 8.64. The van der Waals surface area contributed by atoms with E-state index in [-0.39, 0.29) is 5.91 Å². The highest BCUT2D eigenvalue weighted by molar-refractivity contribution is 5.77. The summed E-state index contributed by atoms with van der Waals surface area (Å²) in [5.41, 5.74) is 0.936. The number of rotatable bonds is 7. The van der Waals surface area contributed by atoms with E-state index in [9.17, 15) is 14.7 Å². The molecule has 6 nitrogen and oxygen atoms in total. The molecular weight excluding hydrogens is 298 g/mol. The zero-order chi connectivity index (χ0) is 16.7. The van der Waals surface area contributed by atoms with Crippen molar-refractivity contribution in [2.45, 2.75) is 51.0 Å². The quantitative estimate of drug-likeness (QED) is 0.799. The van der Waals surface area contributed by atoms with Gasteiger partial charge in [-0.25, -0.2) is 4.79 Å². The molecule has 23 heavy (non-hydrogen) atoms. The van der Waals surface area contributed by atoms with Crippen LogP contribution in [0, 0.1) is 0 Å². The number of nitrogens with one attached hydrogen (secondary N) is 1. The molecule has 1 unspecified atom stereocenters. The molecule has 126 valence electrons. The first kappa shape index (κ1) is 17.4. The van der Waals surface area contributed by atoms with Crippen LogP contribution in [0.5, 0.6) is 0 Å². The predicted molar refractivity (Wildman–Crippen MR) is 83.9 cm³/mol. The van der Waals surface area contributed by atoms with Crippen LogP contribution in [0.25, 0.3) is 0 Å². The smallest absolute Gasteiger partial charge is 0.335 e. The maximum atomic E-state index is 11.7. The van der Waals surface area contributed by atoms with Crippen molar-refractivity contribution in [2.75, 3.05) is 6.61 Å². The lowest BCUT2D eigenvalue weighted by Gasteiger charge is -2.30. The molecule has 1 aromatic carbocycles. The summed E-state index contributed by atoms with van der Waals surface area (Å²) in [4.78, 5) is 23.1. The molecule has 0 radical (unpaired) electrons. The SMILES string of the molecule is CC(=O)N[C@H](Cc1ccccc1)[C@H](OC1CCCCO1)C(=O)O. The molecule has 0 spiro atoms. The first-order valence-electron chi connectivity index (χ1n) is 7.87. The molecule has 3 atom stereocenters. The van der Waals surface area contributed by atoms with E-state index in [4.69, 9.17) is 9.47 Å². The minimum Gasteiger partial charge on any atom is -0.479 e. The number of amides is 1. The van der Waals surface area contributed by atoms with Gasteiger partial charge in [0.2, 0.25) is 5.91 Å². The van der Waals surface area contributed by atoms with E-state index < -0.39 is 24.4 Å². The van der Waals surface area contributed by atoms with Crippen LogP contribution in [0.1, 0.15) is 31.7 Å². The van der Waals surface area contributed by atoms with E-state index in [1.807, 2.05) is 30.3 Å². The molecule has 1 aromatic rings. The molecule has 0 aromatic heterocycles. The van der Waals surface area contributed by atoms with Crippen molar-refractivity contribution in [3.8, 4) is 0 Å². The van der Waals surface area contributed by atoms with Crippen LogP contribution in [0.15, 0.2) is 30.3 Å². The Morgan fingerprint density at radius 1 is 1.35 bits per heavy atom. The van der Waals surface area contributed by atoms with Gasteiger partial charge in [-0.2, -0.15) is 0 Å². The lowest BCUT2D eigenvalue weighted by atomic mass is 10.0. The largest absolute Gasteiger partial charge is 0.479 e. The molecule has 1 heterocycles. The average molecular weight is 321 g/mol. The first-order chi connectivity index (χ1) is 11.1. The van der Waals surface area contributed by atoms with Crippen LogP contribution in [0.4, 0.5) is 0 Å². The van der Waals surface area contributed by atoms with Crippen LogP contribution in [-0.4, -0.2) is 42.0 Å². The van der Waals surface area contributed by atoms with E-state index in [1.54, 1.807) is 0 Å². The van der Waals surface area contributed by atoms with Gasteiger partial charge in [-0.3, -0.25) is 4.79 Å². The van der Waals surface area contributed by atoms with Crippen LogP contribution in [0.3, 0.4) is 0 Å². The van der Waals surface area contributed by atoms with Gasteiger partial charge in [0.25, 0.3) is 0 Å². The zero-order valence-corrected chi connectivity index (χ0v) is 13.2. The molecule has 6 heteroatoms. The summed E-state index contributed by atoms with van der Waals surface area (Å²) >= 11 is 0. The number of carbonyl (C=O) groups is 2. The minimum absolute atomic E-state index is 0.287. The van der Waals surface area contributed by atoms with Gasteiger partial charge in [-0.15, -0.1) is 0 Å². The van der Waals surface area contributed by atoms with Gasteiger partial charge in [0.15, 0.2) is 12.4 Å². The molecule has 1 aliphatic heterocycles. The Hall–Kier alpha value is -1.92. The maximum absolute atomic E-state index is 11.7. The van der Waals surface area contributed by atoms with Crippen LogP contribution in [0.2, 0.25) is 0 Å². The van der Waals surface area contributed by atoms with Crippen molar-refractivity contribution in [1.82, 2.24) is 5.32 Å².